The fraction of sp³-hybridized carbons (Fsp3) is 0.545. The summed E-state index contributed by atoms with van der Waals surface area (Å²) in [5.74, 6) is -2.17. The zero-order valence-corrected chi connectivity index (χ0v) is 16.5. The van der Waals surface area contributed by atoms with Crippen molar-refractivity contribution < 1.29 is 19.8 Å². The van der Waals surface area contributed by atoms with E-state index in [1.165, 1.54) is 0 Å². The van der Waals surface area contributed by atoms with Crippen molar-refractivity contribution in [2.75, 3.05) is 0 Å². The van der Waals surface area contributed by atoms with Crippen LogP contribution in [-0.2, 0) is 0 Å². The van der Waals surface area contributed by atoms with Crippen molar-refractivity contribution in [2.24, 2.45) is 0 Å². The monoisotopic (exact) mass is 397 g/mol. The minimum absolute atomic E-state index is 0.00689. The van der Waals surface area contributed by atoms with Crippen molar-refractivity contribution in [3.05, 3.63) is 34.8 Å². The average Bonchev–Trinajstić information content (AvgIpc) is 3.28. The van der Waals surface area contributed by atoms with E-state index in [2.05, 4.69) is 15.2 Å². The molecule has 0 spiro atoms. The molecule has 4 rings (SSSR count). The van der Waals surface area contributed by atoms with E-state index in [1.54, 1.807) is 12.3 Å². The maximum atomic E-state index is 12.5. The number of rotatable bonds is 5. The predicted molar refractivity (Wildman–Crippen MR) is 107 cm³/mol. The molecule has 0 aliphatic heterocycles. The van der Waals surface area contributed by atoms with Gasteiger partial charge in [0.15, 0.2) is 5.69 Å². The van der Waals surface area contributed by atoms with Crippen molar-refractivity contribution in [2.45, 2.75) is 76.0 Å². The van der Waals surface area contributed by atoms with Gasteiger partial charge in [-0.15, -0.1) is 0 Å². The third kappa shape index (κ3) is 3.78. The standard InChI is InChI=1S/C22H27N3O4/c26-21(27)18-17(15-11-12-23-25-15)16(13-7-3-1-4-8-13)20(22(28)29)24-19(18)14-9-5-2-6-10-14/h11-14H,1-10H2,(H,23,25)(H,26,27)(H,28,29). The van der Waals surface area contributed by atoms with Gasteiger partial charge >= 0.3 is 11.9 Å². The largest absolute Gasteiger partial charge is 0.478 e. The molecule has 0 radical (unpaired) electrons. The van der Waals surface area contributed by atoms with Crippen LogP contribution >= 0.6 is 0 Å². The highest BCUT2D eigenvalue weighted by Crippen LogP contribution is 2.44. The van der Waals surface area contributed by atoms with Crippen molar-refractivity contribution in [1.82, 2.24) is 15.2 Å². The Hall–Kier alpha value is -2.70. The van der Waals surface area contributed by atoms with Gasteiger partial charge in [0.05, 0.1) is 17.0 Å². The lowest BCUT2D eigenvalue weighted by molar-refractivity contribution is 0.0672. The lowest BCUT2D eigenvalue weighted by Crippen LogP contribution is -2.22. The number of carbonyl (C=O) groups is 2. The zero-order valence-electron chi connectivity index (χ0n) is 16.5. The van der Waals surface area contributed by atoms with Gasteiger partial charge in [-0.2, -0.15) is 5.10 Å². The molecule has 0 bridgehead atoms. The summed E-state index contributed by atoms with van der Waals surface area (Å²) in [5, 5.41) is 27.3. The van der Waals surface area contributed by atoms with Crippen LogP contribution in [0.4, 0.5) is 0 Å². The predicted octanol–water partition coefficient (Wildman–Crippen LogP) is 4.96. The molecule has 0 amide bonds. The Balaban J connectivity index is 2.02. The van der Waals surface area contributed by atoms with Gasteiger partial charge in [-0.05, 0) is 43.2 Å². The molecule has 154 valence electrons. The van der Waals surface area contributed by atoms with Crippen LogP contribution in [0.2, 0.25) is 0 Å². The van der Waals surface area contributed by atoms with Gasteiger partial charge in [-0.1, -0.05) is 38.5 Å². The first-order chi connectivity index (χ1) is 14.1. The normalized spacial score (nSPS) is 18.6. The molecule has 2 saturated carbocycles. The van der Waals surface area contributed by atoms with Gasteiger partial charge in [0.1, 0.15) is 0 Å². The average molecular weight is 397 g/mol. The number of carboxylic acids is 2. The second-order valence-electron chi connectivity index (χ2n) is 8.25. The van der Waals surface area contributed by atoms with E-state index in [1.807, 2.05) is 0 Å². The molecule has 0 atom stereocenters. The number of aromatic carboxylic acids is 2. The van der Waals surface area contributed by atoms with E-state index in [0.29, 0.717) is 22.5 Å². The Morgan fingerprint density at radius 1 is 0.897 bits per heavy atom. The summed E-state index contributed by atoms with van der Waals surface area (Å²) in [4.78, 5) is 29.3. The third-order valence-electron chi connectivity index (χ3n) is 6.44. The molecule has 2 aliphatic rings. The molecule has 2 aromatic rings. The first-order valence-electron chi connectivity index (χ1n) is 10.6. The second-order valence-corrected chi connectivity index (χ2v) is 8.25. The number of nitrogens with zero attached hydrogens (tertiary/aromatic N) is 2. The number of hydrogen-bond donors (Lipinski definition) is 3. The lowest BCUT2D eigenvalue weighted by Gasteiger charge is -2.29. The molecule has 7 nitrogen and oxygen atoms in total. The minimum atomic E-state index is -1.09. The molecule has 29 heavy (non-hydrogen) atoms. The zero-order chi connectivity index (χ0) is 20.4. The smallest absolute Gasteiger partial charge is 0.354 e. The van der Waals surface area contributed by atoms with Gasteiger partial charge in [-0.25, -0.2) is 14.6 Å². The van der Waals surface area contributed by atoms with Crippen LogP contribution < -0.4 is 0 Å². The molecule has 0 saturated heterocycles. The highest BCUT2D eigenvalue weighted by molar-refractivity contribution is 6.01. The molecular weight excluding hydrogens is 370 g/mol. The maximum absolute atomic E-state index is 12.5. The minimum Gasteiger partial charge on any atom is -0.478 e. The Morgan fingerprint density at radius 2 is 1.52 bits per heavy atom. The van der Waals surface area contributed by atoms with E-state index in [-0.39, 0.29) is 23.1 Å². The lowest BCUT2D eigenvalue weighted by atomic mass is 9.77. The van der Waals surface area contributed by atoms with E-state index in [4.69, 9.17) is 0 Å². The van der Waals surface area contributed by atoms with Crippen molar-refractivity contribution in [3.63, 3.8) is 0 Å². The molecule has 2 aliphatic carbocycles. The summed E-state index contributed by atoms with van der Waals surface area (Å²) >= 11 is 0. The van der Waals surface area contributed by atoms with Crippen LogP contribution in [0.25, 0.3) is 11.3 Å². The maximum Gasteiger partial charge on any atom is 0.354 e. The van der Waals surface area contributed by atoms with Crippen molar-refractivity contribution in [3.8, 4) is 11.3 Å². The van der Waals surface area contributed by atoms with Crippen LogP contribution in [-0.4, -0.2) is 37.3 Å². The fourth-order valence-electron chi connectivity index (χ4n) is 5.12. The first-order valence-corrected chi connectivity index (χ1v) is 10.6. The number of carboxylic acid groups (broad SMARTS) is 2. The Kier molecular flexibility index (Phi) is 5.65. The number of nitrogens with one attached hydrogen (secondary N) is 1. The number of H-pyrrole nitrogens is 1. The summed E-state index contributed by atoms with van der Waals surface area (Å²) in [5.41, 5.74) is 2.09. The van der Waals surface area contributed by atoms with Crippen LogP contribution in [0.1, 0.15) is 108 Å². The summed E-state index contributed by atoms with van der Waals surface area (Å²) in [6.07, 6.45) is 11.3. The molecular formula is C22H27N3O4. The summed E-state index contributed by atoms with van der Waals surface area (Å²) < 4.78 is 0. The second kappa shape index (κ2) is 8.35. The van der Waals surface area contributed by atoms with Gasteiger partial charge in [-0.3, -0.25) is 5.10 Å². The number of pyridine rings is 1. The van der Waals surface area contributed by atoms with Crippen molar-refractivity contribution >= 4 is 11.9 Å². The van der Waals surface area contributed by atoms with Crippen LogP contribution in [0.5, 0.6) is 0 Å². The highest BCUT2D eigenvalue weighted by Gasteiger charge is 2.35. The van der Waals surface area contributed by atoms with Crippen molar-refractivity contribution in [1.29, 1.82) is 0 Å². The van der Waals surface area contributed by atoms with Gasteiger partial charge in [0, 0.05) is 17.7 Å². The number of aromatic amines is 1. The summed E-state index contributed by atoms with van der Waals surface area (Å²) in [6, 6.07) is 1.73. The van der Waals surface area contributed by atoms with E-state index >= 15 is 0 Å². The van der Waals surface area contributed by atoms with Gasteiger partial charge in [0.25, 0.3) is 0 Å². The molecule has 0 aromatic carbocycles. The number of hydrogen-bond acceptors (Lipinski definition) is 4. The van der Waals surface area contributed by atoms with Gasteiger partial charge < -0.3 is 10.2 Å². The molecule has 2 aromatic heterocycles. The third-order valence-corrected chi connectivity index (χ3v) is 6.44. The highest BCUT2D eigenvalue weighted by atomic mass is 16.4. The molecule has 3 N–H and O–H groups in total. The Labute approximate surface area is 169 Å². The molecule has 7 heteroatoms. The fourth-order valence-corrected chi connectivity index (χ4v) is 5.12. The van der Waals surface area contributed by atoms with Gasteiger partial charge in [0.2, 0.25) is 0 Å². The molecule has 2 heterocycles. The topological polar surface area (TPSA) is 116 Å². The Bertz CT molecular complexity index is 895. The summed E-state index contributed by atoms with van der Waals surface area (Å²) in [7, 11) is 0. The van der Waals surface area contributed by atoms with E-state index < -0.39 is 11.9 Å². The quantitative estimate of drug-likeness (QED) is 0.656. The van der Waals surface area contributed by atoms with Crippen LogP contribution in [0, 0.1) is 0 Å². The number of aromatic nitrogens is 3. The SMILES string of the molecule is O=C(O)c1nc(C2CCCCC2)c(C(=O)O)c(-c2cc[nH]n2)c1C1CCCCC1. The van der Waals surface area contributed by atoms with E-state index in [0.717, 1.165) is 64.2 Å². The summed E-state index contributed by atoms with van der Waals surface area (Å²) in [6.45, 7) is 0. The molecule has 0 unspecified atom stereocenters. The Morgan fingerprint density at radius 3 is 2.03 bits per heavy atom. The molecule has 2 fully saturated rings. The first kappa shape index (κ1) is 19.6. The van der Waals surface area contributed by atoms with Crippen LogP contribution in [0.15, 0.2) is 12.3 Å². The van der Waals surface area contributed by atoms with Crippen LogP contribution in [0.3, 0.4) is 0 Å². The van der Waals surface area contributed by atoms with E-state index in [9.17, 15) is 19.8 Å².